The normalized spacial score (nSPS) is 33.8. The molecular formula is C17H24FNS. The third kappa shape index (κ3) is 2.89. The molecule has 1 aliphatic carbocycles. The van der Waals surface area contributed by atoms with Gasteiger partial charge >= 0.3 is 0 Å². The predicted octanol–water partition coefficient (Wildman–Crippen LogP) is 4.78. The molecule has 0 aromatic heterocycles. The van der Waals surface area contributed by atoms with Crippen LogP contribution in [0.25, 0.3) is 0 Å². The van der Waals surface area contributed by atoms with E-state index in [1.54, 1.807) is 17.8 Å². The first kappa shape index (κ1) is 14.4. The van der Waals surface area contributed by atoms with Gasteiger partial charge in [-0.3, -0.25) is 0 Å². The quantitative estimate of drug-likeness (QED) is 0.842. The first-order valence-electron chi connectivity index (χ1n) is 7.82. The minimum Gasteiger partial charge on any atom is -0.307 e. The summed E-state index contributed by atoms with van der Waals surface area (Å²) in [4.78, 5) is 0.869. The van der Waals surface area contributed by atoms with Crippen LogP contribution in [-0.4, -0.2) is 11.8 Å². The Morgan fingerprint density at radius 3 is 2.85 bits per heavy atom. The number of hydrogen-bond donors (Lipinski definition) is 1. The van der Waals surface area contributed by atoms with Crippen molar-refractivity contribution in [2.75, 3.05) is 5.75 Å². The highest BCUT2D eigenvalue weighted by Crippen LogP contribution is 2.39. The van der Waals surface area contributed by atoms with Crippen molar-refractivity contribution in [3.05, 3.63) is 29.6 Å². The first-order valence-corrected chi connectivity index (χ1v) is 8.81. The lowest BCUT2D eigenvalue weighted by atomic mass is 9.79. The Bertz CT molecular complexity index is 476. The molecule has 1 aromatic carbocycles. The highest BCUT2D eigenvalue weighted by molar-refractivity contribution is 7.99. The summed E-state index contributed by atoms with van der Waals surface area (Å²) in [6.45, 7) is 4.71. The van der Waals surface area contributed by atoms with Crippen LogP contribution < -0.4 is 5.32 Å². The number of hydrogen-bond acceptors (Lipinski definition) is 2. The number of halogens is 1. The molecule has 0 spiro atoms. The number of rotatable bonds is 2. The van der Waals surface area contributed by atoms with E-state index in [-0.39, 0.29) is 5.82 Å². The molecule has 1 aromatic rings. The monoisotopic (exact) mass is 293 g/mol. The van der Waals surface area contributed by atoms with Gasteiger partial charge in [0.25, 0.3) is 0 Å². The second kappa shape index (κ2) is 6.07. The van der Waals surface area contributed by atoms with Gasteiger partial charge in [0.1, 0.15) is 5.82 Å². The zero-order valence-corrected chi connectivity index (χ0v) is 13.2. The van der Waals surface area contributed by atoms with E-state index in [0.717, 1.165) is 28.9 Å². The lowest BCUT2D eigenvalue weighted by Gasteiger charge is -2.37. The van der Waals surface area contributed by atoms with Crippen LogP contribution in [0.4, 0.5) is 4.39 Å². The van der Waals surface area contributed by atoms with Gasteiger partial charge in [0, 0.05) is 17.0 Å². The molecule has 1 aliphatic heterocycles. The lowest BCUT2D eigenvalue weighted by molar-refractivity contribution is 0.211. The van der Waals surface area contributed by atoms with E-state index in [2.05, 4.69) is 25.2 Å². The van der Waals surface area contributed by atoms with Crippen LogP contribution >= 0.6 is 11.8 Å². The Morgan fingerprint density at radius 1 is 1.20 bits per heavy atom. The molecule has 1 fully saturated rings. The highest BCUT2D eigenvalue weighted by atomic mass is 32.2. The zero-order valence-electron chi connectivity index (χ0n) is 12.4. The van der Waals surface area contributed by atoms with E-state index < -0.39 is 0 Å². The van der Waals surface area contributed by atoms with Gasteiger partial charge in [0.15, 0.2) is 0 Å². The number of nitrogens with one attached hydrogen (secondary N) is 1. The highest BCUT2D eigenvalue weighted by Gasteiger charge is 2.30. The molecule has 1 saturated carbocycles. The van der Waals surface area contributed by atoms with E-state index >= 15 is 0 Å². The third-order valence-electron chi connectivity index (χ3n) is 4.87. The summed E-state index contributed by atoms with van der Waals surface area (Å²) in [7, 11) is 0. The minimum atomic E-state index is -0.0516. The van der Waals surface area contributed by atoms with E-state index in [9.17, 15) is 4.39 Å². The van der Waals surface area contributed by atoms with Crippen molar-refractivity contribution in [3.8, 4) is 0 Å². The predicted molar refractivity (Wildman–Crippen MR) is 83.6 cm³/mol. The Labute approximate surface area is 125 Å². The molecule has 1 heterocycles. The van der Waals surface area contributed by atoms with E-state index in [0.29, 0.717) is 12.1 Å². The summed E-state index contributed by atoms with van der Waals surface area (Å²) in [5.41, 5.74) is 1.17. The number of benzene rings is 1. The summed E-state index contributed by atoms with van der Waals surface area (Å²) in [6, 6.07) is 6.46. The molecule has 20 heavy (non-hydrogen) atoms. The molecule has 0 saturated heterocycles. The van der Waals surface area contributed by atoms with Crippen molar-refractivity contribution in [2.45, 2.75) is 56.5 Å². The van der Waals surface area contributed by atoms with Gasteiger partial charge in [-0.1, -0.05) is 26.0 Å². The average Bonchev–Trinajstić information content (AvgIpc) is 2.43. The second-order valence-corrected chi connectivity index (χ2v) is 7.62. The van der Waals surface area contributed by atoms with Gasteiger partial charge in [0.2, 0.25) is 0 Å². The molecule has 1 nitrogen and oxygen atoms in total. The van der Waals surface area contributed by atoms with Gasteiger partial charge < -0.3 is 5.32 Å². The standard InChI is InChI=1S/C17H24FNS/c1-11-6-7-15(12(2)10-11)19-16-8-9-20-17-13(16)4-3-5-14(17)18/h3-5,11-12,15-16,19H,6-10H2,1-2H3. The van der Waals surface area contributed by atoms with Crippen LogP contribution in [0.3, 0.4) is 0 Å². The summed E-state index contributed by atoms with van der Waals surface area (Å²) in [5.74, 6) is 2.55. The Kier molecular flexibility index (Phi) is 4.37. The van der Waals surface area contributed by atoms with E-state index in [1.165, 1.54) is 24.8 Å². The fraction of sp³-hybridized carbons (Fsp3) is 0.647. The summed E-state index contributed by atoms with van der Waals surface area (Å²) < 4.78 is 13.9. The van der Waals surface area contributed by atoms with Crippen molar-refractivity contribution in [1.82, 2.24) is 5.32 Å². The smallest absolute Gasteiger partial charge is 0.137 e. The maximum absolute atomic E-state index is 13.9. The summed E-state index contributed by atoms with van der Waals surface area (Å²) >= 11 is 1.67. The molecule has 0 radical (unpaired) electrons. The maximum atomic E-state index is 13.9. The first-order chi connectivity index (χ1) is 9.65. The lowest BCUT2D eigenvalue weighted by Crippen LogP contribution is -2.41. The van der Waals surface area contributed by atoms with Crippen molar-refractivity contribution in [2.24, 2.45) is 11.8 Å². The number of fused-ring (bicyclic) bond motifs is 1. The van der Waals surface area contributed by atoms with Crippen LogP contribution in [0.1, 0.15) is 51.1 Å². The number of thioether (sulfide) groups is 1. The fourth-order valence-corrected chi connectivity index (χ4v) is 4.87. The maximum Gasteiger partial charge on any atom is 0.137 e. The molecular weight excluding hydrogens is 269 g/mol. The Balaban J connectivity index is 1.75. The molecule has 4 atom stereocenters. The van der Waals surface area contributed by atoms with Gasteiger partial charge in [-0.05, 0) is 54.9 Å². The topological polar surface area (TPSA) is 12.0 Å². The second-order valence-electron chi connectivity index (χ2n) is 6.52. The third-order valence-corrected chi connectivity index (χ3v) is 6.03. The molecule has 0 bridgehead atoms. The molecule has 2 aliphatic rings. The van der Waals surface area contributed by atoms with Crippen LogP contribution in [0, 0.1) is 17.7 Å². The largest absolute Gasteiger partial charge is 0.307 e. The van der Waals surface area contributed by atoms with Crippen molar-refractivity contribution >= 4 is 11.8 Å². The van der Waals surface area contributed by atoms with Crippen LogP contribution in [0.2, 0.25) is 0 Å². The van der Waals surface area contributed by atoms with Crippen molar-refractivity contribution < 1.29 is 4.39 Å². The van der Waals surface area contributed by atoms with Crippen LogP contribution in [-0.2, 0) is 0 Å². The molecule has 1 N–H and O–H groups in total. The van der Waals surface area contributed by atoms with Gasteiger partial charge in [-0.2, -0.15) is 0 Å². The van der Waals surface area contributed by atoms with Crippen LogP contribution in [0.15, 0.2) is 23.1 Å². The van der Waals surface area contributed by atoms with Crippen molar-refractivity contribution in [3.63, 3.8) is 0 Å². The van der Waals surface area contributed by atoms with E-state index in [1.807, 2.05) is 6.07 Å². The molecule has 4 unspecified atom stereocenters. The SMILES string of the molecule is CC1CCC(NC2CCSc3c(F)cccc32)C(C)C1. The molecule has 3 rings (SSSR count). The zero-order chi connectivity index (χ0) is 14.1. The van der Waals surface area contributed by atoms with Crippen molar-refractivity contribution in [1.29, 1.82) is 0 Å². The van der Waals surface area contributed by atoms with E-state index in [4.69, 9.17) is 0 Å². The average molecular weight is 293 g/mol. The van der Waals surface area contributed by atoms with Crippen LogP contribution in [0.5, 0.6) is 0 Å². The molecule has 0 amide bonds. The fourth-order valence-electron chi connectivity index (χ4n) is 3.73. The molecule has 3 heteroatoms. The van der Waals surface area contributed by atoms with Gasteiger partial charge in [0.05, 0.1) is 0 Å². The Hall–Kier alpha value is -0.540. The summed E-state index contributed by atoms with van der Waals surface area (Å²) in [6.07, 6.45) is 5.01. The molecule has 110 valence electrons. The minimum absolute atomic E-state index is 0.0516. The Morgan fingerprint density at radius 2 is 2.05 bits per heavy atom. The summed E-state index contributed by atoms with van der Waals surface area (Å²) in [5, 5.41) is 3.83. The van der Waals surface area contributed by atoms with Gasteiger partial charge in [-0.15, -0.1) is 11.8 Å². The van der Waals surface area contributed by atoms with Gasteiger partial charge in [-0.25, -0.2) is 4.39 Å².